The third-order valence-electron chi connectivity index (χ3n) is 3.61. The van der Waals surface area contributed by atoms with E-state index in [9.17, 15) is 0 Å². The van der Waals surface area contributed by atoms with Crippen molar-refractivity contribution in [1.82, 2.24) is 0 Å². The Balaban J connectivity index is 2.36. The van der Waals surface area contributed by atoms with E-state index in [0.29, 0.717) is 5.92 Å². The molecule has 1 unspecified atom stereocenters. The summed E-state index contributed by atoms with van der Waals surface area (Å²) in [5.74, 6) is 2.05. The Bertz CT molecular complexity index is 591. The summed E-state index contributed by atoms with van der Waals surface area (Å²) in [5.41, 5.74) is 3.27. The van der Waals surface area contributed by atoms with Crippen LogP contribution in [0.5, 0.6) is 11.5 Å². The summed E-state index contributed by atoms with van der Waals surface area (Å²) in [5, 5.41) is -0.267. The molecule has 0 fully saturated rings. The molecular formula is C18H21ClO2. The average Bonchev–Trinajstić information content (AvgIpc) is 2.53. The average molecular weight is 305 g/mol. The number of halogens is 1. The monoisotopic (exact) mass is 304 g/mol. The summed E-state index contributed by atoms with van der Waals surface area (Å²) in [6, 6.07) is 14.1. The van der Waals surface area contributed by atoms with E-state index in [0.717, 1.165) is 22.6 Å². The van der Waals surface area contributed by atoms with Crippen LogP contribution in [0.4, 0.5) is 0 Å². The van der Waals surface area contributed by atoms with Gasteiger partial charge in [0.05, 0.1) is 19.6 Å². The van der Waals surface area contributed by atoms with Crippen molar-refractivity contribution in [3.63, 3.8) is 0 Å². The maximum Gasteiger partial charge on any atom is 0.124 e. The SMILES string of the molecule is COc1ccc(OC)c(C(Cl)c2ccc(C(C)C)cc2)c1. The molecule has 0 aromatic heterocycles. The molecule has 1 atom stereocenters. The summed E-state index contributed by atoms with van der Waals surface area (Å²) in [4.78, 5) is 0. The highest BCUT2D eigenvalue weighted by atomic mass is 35.5. The van der Waals surface area contributed by atoms with Gasteiger partial charge >= 0.3 is 0 Å². The number of rotatable bonds is 5. The van der Waals surface area contributed by atoms with Gasteiger partial charge in [0, 0.05) is 5.56 Å². The summed E-state index contributed by atoms with van der Waals surface area (Å²) in [6.45, 7) is 4.36. The summed E-state index contributed by atoms with van der Waals surface area (Å²) < 4.78 is 10.7. The fourth-order valence-corrected chi connectivity index (χ4v) is 2.58. The number of methoxy groups -OCH3 is 2. The third-order valence-corrected chi connectivity index (χ3v) is 4.09. The van der Waals surface area contributed by atoms with Gasteiger partial charge in [0.1, 0.15) is 11.5 Å². The second kappa shape index (κ2) is 6.86. The van der Waals surface area contributed by atoms with Gasteiger partial charge in [0.25, 0.3) is 0 Å². The fourth-order valence-electron chi connectivity index (χ4n) is 2.27. The van der Waals surface area contributed by atoms with Crippen molar-refractivity contribution in [2.45, 2.75) is 25.1 Å². The molecule has 0 saturated heterocycles. The molecule has 2 nitrogen and oxygen atoms in total. The first-order valence-electron chi connectivity index (χ1n) is 7.02. The van der Waals surface area contributed by atoms with Crippen molar-refractivity contribution in [2.75, 3.05) is 14.2 Å². The highest BCUT2D eigenvalue weighted by Crippen LogP contribution is 2.37. The normalized spacial score (nSPS) is 12.3. The van der Waals surface area contributed by atoms with E-state index in [4.69, 9.17) is 21.1 Å². The minimum atomic E-state index is -0.267. The molecule has 0 aliphatic rings. The van der Waals surface area contributed by atoms with Gasteiger partial charge in [-0.15, -0.1) is 11.6 Å². The van der Waals surface area contributed by atoms with Crippen molar-refractivity contribution in [3.05, 3.63) is 59.2 Å². The second-order valence-electron chi connectivity index (χ2n) is 5.29. The Morgan fingerprint density at radius 3 is 2.00 bits per heavy atom. The first-order chi connectivity index (χ1) is 10.1. The lowest BCUT2D eigenvalue weighted by Crippen LogP contribution is -1.99. The van der Waals surface area contributed by atoms with E-state index in [2.05, 4.69) is 38.1 Å². The molecule has 0 aliphatic heterocycles. The molecule has 0 bridgehead atoms. The second-order valence-corrected chi connectivity index (χ2v) is 5.73. The summed E-state index contributed by atoms with van der Waals surface area (Å²) >= 11 is 6.64. The van der Waals surface area contributed by atoms with Crippen molar-refractivity contribution in [2.24, 2.45) is 0 Å². The molecule has 0 N–H and O–H groups in total. The minimum absolute atomic E-state index is 0.267. The number of hydrogen-bond donors (Lipinski definition) is 0. The topological polar surface area (TPSA) is 18.5 Å². The van der Waals surface area contributed by atoms with Crippen LogP contribution in [0.3, 0.4) is 0 Å². The van der Waals surface area contributed by atoms with Crippen LogP contribution in [0.1, 0.15) is 41.8 Å². The Hall–Kier alpha value is -1.67. The van der Waals surface area contributed by atoms with Crippen LogP contribution in [-0.4, -0.2) is 14.2 Å². The quantitative estimate of drug-likeness (QED) is 0.711. The standard InChI is InChI=1S/C18H21ClO2/c1-12(2)13-5-7-14(8-6-13)18(19)16-11-15(20-3)9-10-17(16)21-4/h5-12,18H,1-4H3. The van der Waals surface area contributed by atoms with E-state index in [-0.39, 0.29) is 5.38 Å². The van der Waals surface area contributed by atoms with E-state index in [1.54, 1.807) is 14.2 Å². The number of hydrogen-bond acceptors (Lipinski definition) is 2. The van der Waals surface area contributed by atoms with Gasteiger partial charge in [-0.25, -0.2) is 0 Å². The molecule has 0 heterocycles. The van der Waals surface area contributed by atoms with Gasteiger partial charge in [-0.2, -0.15) is 0 Å². The van der Waals surface area contributed by atoms with Gasteiger partial charge < -0.3 is 9.47 Å². The minimum Gasteiger partial charge on any atom is -0.497 e. The Morgan fingerprint density at radius 1 is 0.857 bits per heavy atom. The van der Waals surface area contributed by atoms with Crippen LogP contribution in [0, 0.1) is 0 Å². The van der Waals surface area contributed by atoms with Crippen LogP contribution in [0.2, 0.25) is 0 Å². The van der Waals surface area contributed by atoms with Crippen LogP contribution >= 0.6 is 11.6 Å². The molecule has 2 rings (SSSR count). The zero-order valence-electron chi connectivity index (χ0n) is 12.9. The van der Waals surface area contributed by atoms with E-state index < -0.39 is 0 Å². The molecule has 0 saturated carbocycles. The van der Waals surface area contributed by atoms with Gasteiger partial charge in [0.2, 0.25) is 0 Å². The first-order valence-corrected chi connectivity index (χ1v) is 7.46. The maximum atomic E-state index is 6.64. The van der Waals surface area contributed by atoms with Gasteiger partial charge in [-0.05, 0) is 35.2 Å². The number of benzene rings is 2. The zero-order chi connectivity index (χ0) is 15.4. The highest BCUT2D eigenvalue weighted by molar-refractivity contribution is 6.22. The van der Waals surface area contributed by atoms with Crippen molar-refractivity contribution in [3.8, 4) is 11.5 Å². The van der Waals surface area contributed by atoms with Crippen LogP contribution in [0.15, 0.2) is 42.5 Å². The smallest absolute Gasteiger partial charge is 0.124 e. The zero-order valence-corrected chi connectivity index (χ0v) is 13.6. The molecule has 21 heavy (non-hydrogen) atoms. The molecule has 0 radical (unpaired) electrons. The largest absolute Gasteiger partial charge is 0.497 e. The lowest BCUT2D eigenvalue weighted by Gasteiger charge is -2.16. The number of ether oxygens (including phenoxy) is 2. The Morgan fingerprint density at radius 2 is 1.48 bits per heavy atom. The molecule has 2 aromatic carbocycles. The van der Waals surface area contributed by atoms with Crippen molar-refractivity contribution in [1.29, 1.82) is 0 Å². The molecule has 0 aliphatic carbocycles. The molecule has 112 valence electrons. The Kier molecular flexibility index (Phi) is 5.13. The predicted molar refractivity (Wildman–Crippen MR) is 87.8 cm³/mol. The van der Waals surface area contributed by atoms with E-state index in [1.165, 1.54) is 5.56 Å². The van der Waals surface area contributed by atoms with E-state index in [1.807, 2.05) is 18.2 Å². The number of alkyl halides is 1. The fraction of sp³-hybridized carbons (Fsp3) is 0.333. The van der Waals surface area contributed by atoms with Gasteiger partial charge in [-0.3, -0.25) is 0 Å². The molecule has 0 spiro atoms. The lowest BCUT2D eigenvalue weighted by atomic mass is 9.98. The summed E-state index contributed by atoms with van der Waals surface area (Å²) in [6.07, 6.45) is 0. The maximum absolute atomic E-state index is 6.64. The Labute approximate surface area is 131 Å². The van der Waals surface area contributed by atoms with Crippen LogP contribution in [-0.2, 0) is 0 Å². The highest BCUT2D eigenvalue weighted by Gasteiger charge is 2.17. The molecule has 0 amide bonds. The summed E-state index contributed by atoms with van der Waals surface area (Å²) in [7, 11) is 3.29. The lowest BCUT2D eigenvalue weighted by molar-refractivity contribution is 0.399. The van der Waals surface area contributed by atoms with Crippen LogP contribution < -0.4 is 9.47 Å². The third kappa shape index (κ3) is 3.51. The van der Waals surface area contributed by atoms with Crippen molar-refractivity contribution < 1.29 is 9.47 Å². The van der Waals surface area contributed by atoms with Gasteiger partial charge in [0.15, 0.2) is 0 Å². The molecular weight excluding hydrogens is 284 g/mol. The van der Waals surface area contributed by atoms with Crippen LogP contribution in [0.25, 0.3) is 0 Å². The molecule has 3 heteroatoms. The van der Waals surface area contributed by atoms with Crippen molar-refractivity contribution >= 4 is 11.6 Å². The van der Waals surface area contributed by atoms with E-state index >= 15 is 0 Å². The first kappa shape index (κ1) is 15.7. The van der Waals surface area contributed by atoms with Gasteiger partial charge in [-0.1, -0.05) is 38.1 Å². The predicted octanol–water partition coefficient (Wildman–Crippen LogP) is 5.16. The molecule has 2 aromatic rings.